The van der Waals surface area contributed by atoms with Crippen molar-refractivity contribution in [1.82, 2.24) is 4.98 Å². The Kier molecular flexibility index (Phi) is 4.94. The van der Waals surface area contributed by atoms with Gasteiger partial charge in [-0.1, -0.05) is 18.8 Å². The van der Waals surface area contributed by atoms with Gasteiger partial charge in [0.2, 0.25) is 5.91 Å². The molecule has 2 heterocycles. The van der Waals surface area contributed by atoms with Crippen LogP contribution in [-0.2, 0) is 9.53 Å². The van der Waals surface area contributed by atoms with Gasteiger partial charge < -0.3 is 15.2 Å². The molecular weight excluding hydrogens is 268 g/mol. The van der Waals surface area contributed by atoms with E-state index in [2.05, 4.69) is 22.1 Å². The lowest BCUT2D eigenvalue weighted by molar-refractivity contribution is -0.122. The van der Waals surface area contributed by atoms with Crippen molar-refractivity contribution in [2.45, 2.75) is 33.0 Å². The Hall–Kier alpha value is -1.90. The molecule has 0 spiro atoms. The molecule has 5 nitrogen and oxygen atoms in total. The van der Waals surface area contributed by atoms with Crippen molar-refractivity contribution in [3.63, 3.8) is 0 Å². The lowest BCUT2D eigenvalue weighted by atomic mass is 9.89. The van der Waals surface area contributed by atoms with Gasteiger partial charge in [0.15, 0.2) is 0 Å². The van der Waals surface area contributed by atoms with E-state index >= 15 is 0 Å². The molecule has 5 heteroatoms. The smallest absolute Gasteiger partial charge is 0.231 e. The number of hydrogen-bond donors (Lipinski definition) is 2. The number of nitrogens with one attached hydrogen (secondary N) is 1. The van der Waals surface area contributed by atoms with Gasteiger partial charge in [0.05, 0.1) is 18.1 Å². The van der Waals surface area contributed by atoms with E-state index in [1.165, 1.54) is 0 Å². The maximum Gasteiger partial charge on any atom is 0.231 e. The number of aliphatic hydroxyl groups is 1. The molecule has 112 valence electrons. The SMILES string of the molecule is CC1OC(C)C(C(=O)Nc2cc(C#CCO)ccn2)C1C. The predicted molar refractivity (Wildman–Crippen MR) is 79.5 cm³/mol. The Bertz CT molecular complexity index is 576. The number of nitrogens with zero attached hydrogens (tertiary/aromatic N) is 1. The second kappa shape index (κ2) is 6.70. The van der Waals surface area contributed by atoms with Gasteiger partial charge >= 0.3 is 0 Å². The molecule has 1 amide bonds. The number of anilines is 1. The second-order valence-electron chi connectivity index (χ2n) is 5.31. The molecule has 0 bridgehead atoms. The van der Waals surface area contributed by atoms with Crippen molar-refractivity contribution < 1.29 is 14.6 Å². The molecule has 1 fully saturated rings. The summed E-state index contributed by atoms with van der Waals surface area (Å²) in [5, 5.41) is 11.5. The number of pyridine rings is 1. The fourth-order valence-electron chi connectivity index (χ4n) is 2.65. The van der Waals surface area contributed by atoms with E-state index in [0.717, 1.165) is 0 Å². The molecule has 0 saturated carbocycles. The van der Waals surface area contributed by atoms with Crippen LogP contribution in [0, 0.1) is 23.7 Å². The summed E-state index contributed by atoms with van der Waals surface area (Å²) in [7, 11) is 0. The highest BCUT2D eigenvalue weighted by molar-refractivity contribution is 5.92. The van der Waals surface area contributed by atoms with Crippen LogP contribution < -0.4 is 5.32 Å². The normalized spacial score (nSPS) is 27.8. The number of aromatic nitrogens is 1. The lowest BCUT2D eigenvalue weighted by Gasteiger charge is -2.17. The zero-order valence-corrected chi connectivity index (χ0v) is 12.5. The number of hydrogen-bond acceptors (Lipinski definition) is 4. The Morgan fingerprint density at radius 2 is 2.19 bits per heavy atom. The number of rotatable bonds is 2. The van der Waals surface area contributed by atoms with Crippen LogP contribution in [0.2, 0.25) is 0 Å². The Balaban J connectivity index is 2.09. The van der Waals surface area contributed by atoms with Crippen LogP contribution in [0.1, 0.15) is 26.3 Å². The quantitative estimate of drug-likeness (QED) is 0.808. The summed E-state index contributed by atoms with van der Waals surface area (Å²) in [4.78, 5) is 16.5. The molecule has 1 aromatic heterocycles. The highest BCUT2D eigenvalue weighted by Crippen LogP contribution is 2.32. The van der Waals surface area contributed by atoms with Gasteiger partial charge in [0, 0.05) is 11.8 Å². The van der Waals surface area contributed by atoms with Crippen LogP contribution in [0.15, 0.2) is 18.3 Å². The van der Waals surface area contributed by atoms with Crippen LogP contribution in [-0.4, -0.2) is 34.8 Å². The fraction of sp³-hybridized carbons (Fsp3) is 0.500. The monoisotopic (exact) mass is 288 g/mol. The Labute approximate surface area is 124 Å². The maximum absolute atomic E-state index is 12.4. The fourth-order valence-corrected chi connectivity index (χ4v) is 2.65. The van der Waals surface area contributed by atoms with Gasteiger partial charge in [-0.25, -0.2) is 4.98 Å². The van der Waals surface area contributed by atoms with Gasteiger partial charge in [-0.05, 0) is 31.9 Å². The average Bonchev–Trinajstić information content (AvgIpc) is 2.70. The maximum atomic E-state index is 12.4. The molecule has 0 aliphatic carbocycles. The zero-order chi connectivity index (χ0) is 15.4. The third-order valence-corrected chi connectivity index (χ3v) is 3.87. The van der Waals surface area contributed by atoms with E-state index in [9.17, 15) is 4.79 Å². The molecule has 21 heavy (non-hydrogen) atoms. The summed E-state index contributed by atoms with van der Waals surface area (Å²) in [5.74, 6) is 5.71. The van der Waals surface area contributed by atoms with Crippen molar-refractivity contribution in [2.24, 2.45) is 11.8 Å². The first kappa shape index (κ1) is 15.5. The average molecular weight is 288 g/mol. The topological polar surface area (TPSA) is 71.5 Å². The van der Waals surface area contributed by atoms with Crippen LogP contribution in [0.5, 0.6) is 0 Å². The third kappa shape index (κ3) is 3.60. The van der Waals surface area contributed by atoms with Crippen LogP contribution in [0.4, 0.5) is 5.82 Å². The molecule has 2 rings (SSSR count). The molecule has 2 N–H and O–H groups in total. The van der Waals surface area contributed by atoms with Crippen LogP contribution in [0.3, 0.4) is 0 Å². The first-order valence-electron chi connectivity index (χ1n) is 7.05. The van der Waals surface area contributed by atoms with E-state index < -0.39 is 0 Å². The van der Waals surface area contributed by atoms with Gasteiger partial charge in [0.1, 0.15) is 12.4 Å². The van der Waals surface area contributed by atoms with Gasteiger partial charge in [0.25, 0.3) is 0 Å². The van der Waals surface area contributed by atoms with Crippen molar-refractivity contribution in [1.29, 1.82) is 0 Å². The summed E-state index contributed by atoms with van der Waals surface area (Å²) >= 11 is 0. The van der Waals surface area contributed by atoms with E-state index in [-0.39, 0.29) is 36.6 Å². The molecule has 1 aliphatic rings. The van der Waals surface area contributed by atoms with E-state index in [1.807, 2.05) is 20.8 Å². The number of carbonyl (C=O) groups excluding carboxylic acids is 1. The summed E-state index contributed by atoms with van der Waals surface area (Å²) in [6.07, 6.45) is 1.55. The lowest BCUT2D eigenvalue weighted by Crippen LogP contribution is -2.32. The summed E-state index contributed by atoms with van der Waals surface area (Å²) < 4.78 is 5.69. The van der Waals surface area contributed by atoms with E-state index in [0.29, 0.717) is 11.4 Å². The number of aliphatic hydroxyl groups excluding tert-OH is 1. The predicted octanol–water partition coefficient (Wildman–Crippen LogP) is 1.42. The number of carbonyl (C=O) groups is 1. The second-order valence-corrected chi connectivity index (χ2v) is 5.31. The molecule has 1 saturated heterocycles. The zero-order valence-electron chi connectivity index (χ0n) is 12.5. The summed E-state index contributed by atoms with van der Waals surface area (Å²) in [5.41, 5.74) is 0.700. The van der Waals surface area contributed by atoms with Crippen molar-refractivity contribution in [3.05, 3.63) is 23.9 Å². The van der Waals surface area contributed by atoms with Crippen molar-refractivity contribution in [2.75, 3.05) is 11.9 Å². The van der Waals surface area contributed by atoms with Crippen LogP contribution in [0.25, 0.3) is 0 Å². The van der Waals surface area contributed by atoms with Crippen molar-refractivity contribution in [3.8, 4) is 11.8 Å². The van der Waals surface area contributed by atoms with Gasteiger partial charge in [-0.3, -0.25) is 4.79 Å². The van der Waals surface area contributed by atoms with Crippen LogP contribution >= 0.6 is 0 Å². The Morgan fingerprint density at radius 3 is 2.81 bits per heavy atom. The van der Waals surface area contributed by atoms with E-state index in [4.69, 9.17) is 9.84 Å². The summed E-state index contributed by atoms with van der Waals surface area (Å²) in [6, 6.07) is 3.42. The number of amides is 1. The largest absolute Gasteiger partial charge is 0.384 e. The van der Waals surface area contributed by atoms with E-state index in [1.54, 1.807) is 18.3 Å². The minimum absolute atomic E-state index is 0.0745. The van der Waals surface area contributed by atoms with Gasteiger partial charge in [-0.2, -0.15) is 0 Å². The first-order chi connectivity index (χ1) is 10.0. The standard InChI is InChI=1S/C16H20N2O3/c1-10-11(2)21-12(3)15(10)16(20)18-14-9-13(5-4-8-19)6-7-17-14/h6-7,9-12,15,19H,8H2,1-3H3,(H,17,18,20). The molecule has 0 radical (unpaired) electrons. The first-order valence-corrected chi connectivity index (χ1v) is 7.05. The highest BCUT2D eigenvalue weighted by atomic mass is 16.5. The summed E-state index contributed by atoms with van der Waals surface area (Å²) in [6.45, 7) is 5.73. The highest BCUT2D eigenvalue weighted by Gasteiger charge is 2.41. The Morgan fingerprint density at radius 1 is 1.43 bits per heavy atom. The minimum Gasteiger partial charge on any atom is -0.384 e. The minimum atomic E-state index is -0.198. The molecule has 0 aromatic carbocycles. The number of ether oxygens (including phenoxy) is 1. The van der Waals surface area contributed by atoms with Gasteiger partial charge in [-0.15, -0.1) is 0 Å². The molecule has 1 aliphatic heterocycles. The molecule has 1 aromatic rings. The molecule has 4 atom stereocenters. The molecule has 4 unspecified atom stereocenters. The third-order valence-electron chi connectivity index (χ3n) is 3.87. The molecular formula is C16H20N2O3. The van der Waals surface area contributed by atoms with Crippen molar-refractivity contribution >= 4 is 11.7 Å².